The molecule has 8 heteroatoms. The Kier molecular flexibility index (Phi) is 4.36. The topological polar surface area (TPSA) is 103 Å². The number of benzene rings is 1. The van der Waals surface area contributed by atoms with Crippen LogP contribution in [0.3, 0.4) is 0 Å². The summed E-state index contributed by atoms with van der Waals surface area (Å²) >= 11 is 0. The Morgan fingerprint density at radius 1 is 1.40 bits per heavy atom. The third-order valence-corrected chi connectivity index (χ3v) is 2.79. The van der Waals surface area contributed by atoms with Crippen LogP contribution in [-0.2, 0) is 4.79 Å². The molecule has 0 bridgehead atoms. The van der Waals surface area contributed by atoms with Crippen molar-refractivity contribution in [2.45, 2.75) is 12.8 Å². The Morgan fingerprint density at radius 2 is 2.10 bits per heavy atom. The molecule has 0 atom stereocenters. The molecule has 0 unspecified atom stereocenters. The molecule has 108 valence electrons. The number of amides is 1. The second kappa shape index (κ2) is 6.20. The number of carbonyl (C=O) groups excluding carboxylic acids is 1. The van der Waals surface area contributed by atoms with Crippen LogP contribution in [0.1, 0.15) is 12.8 Å². The quantitative estimate of drug-likeness (QED) is 0.462. The number of fused-ring (bicyclic) bond motifs is 1. The predicted molar refractivity (Wildman–Crippen MR) is 71.0 cm³/mol. The van der Waals surface area contributed by atoms with Gasteiger partial charge in [0.2, 0.25) is 12.7 Å². The molecule has 20 heavy (non-hydrogen) atoms. The average molecular weight is 281 g/mol. The molecule has 0 saturated heterocycles. The van der Waals surface area contributed by atoms with Gasteiger partial charge < -0.3 is 20.1 Å². The number of carbonyl (C=O) groups is 1. The van der Waals surface area contributed by atoms with Crippen LogP contribution in [0.25, 0.3) is 0 Å². The molecule has 1 aliphatic heterocycles. The van der Waals surface area contributed by atoms with Crippen LogP contribution in [0, 0.1) is 10.1 Å². The second-order valence-corrected chi connectivity index (χ2v) is 4.24. The third-order valence-electron chi connectivity index (χ3n) is 2.79. The van der Waals surface area contributed by atoms with Gasteiger partial charge in [-0.15, -0.1) is 0 Å². The largest absolute Gasteiger partial charge is 0.454 e. The van der Waals surface area contributed by atoms with E-state index >= 15 is 0 Å². The van der Waals surface area contributed by atoms with Crippen molar-refractivity contribution < 1.29 is 19.2 Å². The lowest BCUT2D eigenvalue weighted by molar-refractivity contribution is -0.384. The van der Waals surface area contributed by atoms with Crippen molar-refractivity contribution in [3.63, 3.8) is 0 Å². The van der Waals surface area contributed by atoms with Crippen molar-refractivity contribution in [1.29, 1.82) is 0 Å². The standard InChI is InChI=1S/C12H15N3O5/c1-13-4-2-3-12(16)14-8-5-10-11(20-7-19-10)6-9(8)15(17)18/h5-6,13H,2-4,7H2,1H3,(H,14,16). The van der Waals surface area contributed by atoms with Gasteiger partial charge in [0.1, 0.15) is 5.69 Å². The fraction of sp³-hybridized carbons (Fsp3) is 0.417. The number of ether oxygens (including phenoxy) is 2. The van der Waals surface area contributed by atoms with Crippen LogP contribution in [-0.4, -0.2) is 31.2 Å². The zero-order chi connectivity index (χ0) is 14.5. The summed E-state index contributed by atoms with van der Waals surface area (Å²) in [5, 5.41) is 16.5. The van der Waals surface area contributed by atoms with Gasteiger partial charge in [0.05, 0.1) is 11.0 Å². The Bertz CT molecular complexity index is 532. The Balaban J connectivity index is 2.13. The van der Waals surface area contributed by atoms with Crippen LogP contribution >= 0.6 is 0 Å². The van der Waals surface area contributed by atoms with E-state index in [4.69, 9.17) is 9.47 Å². The summed E-state index contributed by atoms with van der Waals surface area (Å²) in [5.74, 6) is 0.424. The van der Waals surface area contributed by atoms with Gasteiger partial charge in [-0.2, -0.15) is 0 Å². The highest BCUT2D eigenvalue weighted by molar-refractivity contribution is 5.93. The van der Waals surface area contributed by atoms with Gasteiger partial charge >= 0.3 is 0 Å². The molecule has 1 amide bonds. The van der Waals surface area contributed by atoms with Gasteiger partial charge in [-0.25, -0.2) is 0 Å². The minimum absolute atomic E-state index is 0.0199. The first kappa shape index (κ1) is 14.1. The molecular weight excluding hydrogens is 266 g/mol. The maximum absolute atomic E-state index is 11.7. The molecule has 1 heterocycles. The van der Waals surface area contributed by atoms with Crippen molar-refractivity contribution in [3.8, 4) is 11.5 Å². The zero-order valence-electron chi connectivity index (χ0n) is 11.0. The normalized spacial score (nSPS) is 12.2. The lowest BCUT2D eigenvalue weighted by Gasteiger charge is -2.07. The van der Waals surface area contributed by atoms with Gasteiger partial charge in [-0.1, -0.05) is 0 Å². The summed E-state index contributed by atoms with van der Waals surface area (Å²) < 4.78 is 10.2. The molecule has 1 aromatic carbocycles. The van der Waals surface area contributed by atoms with Gasteiger partial charge in [0.15, 0.2) is 11.5 Å². The van der Waals surface area contributed by atoms with E-state index in [0.717, 1.165) is 0 Å². The van der Waals surface area contributed by atoms with Gasteiger partial charge in [-0.05, 0) is 20.0 Å². The van der Waals surface area contributed by atoms with E-state index in [9.17, 15) is 14.9 Å². The lowest BCUT2D eigenvalue weighted by Crippen LogP contribution is -2.15. The number of nitrogens with zero attached hydrogens (tertiary/aromatic N) is 1. The lowest BCUT2D eigenvalue weighted by atomic mass is 10.2. The fourth-order valence-corrected chi connectivity index (χ4v) is 1.82. The summed E-state index contributed by atoms with van der Waals surface area (Å²) in [6.07, 6.45) is 0.938. The van der Waals surface area contributed by atoms with E-state index in [0.29, 0.717) is 24.5 Å². The first-order chi connectivity index (χ1) is 9.61. The molecule has 0 aliphatic carbocycles. The number of rotatable bonds is 6. The summed E-state index contributed by atoms with van der Waals surface area (Å²) in [5.41, 5.74) is -0.0927. The molecule has 0 spiro atoms. The molecule has 0 aromatic heterocycles. The molecule has 1 aromatic rings. The van der Waals surface area contributed by atoms with Crippen LogP contribution in [0.5, 0.6) is 11.5 Å². The maximum atomic E-state index is 11.7. The number of hydrogen-bond donors (Lipinski definition) is 2. The van der Waals surface area contributed by atoms with Gasteiger partial charge in [0, 0.05) is 12.5 Å². The first-order valence-corrected chi connectivity index (χ1v) is 6.14. The van der Waals surface area contributed by atoms with Gasteiger partial charge in [-0.3, -0.25) is 14.9 Å². The molecule has 0 saturated carbocycles. The molecule has 2 N–H and O–H groups in total. The SMILES string of the molecule is CNCCCC(=O)Nc1cc2c(cc1[N+](=O)[O-])OCO2. The molecule has 8 nitrogen and oxygen atoms in total. The molecule has 1 aliphatic rings. The summed E-state index contributed by atoms with van der Waals surface area (Å²) in [4.78, 5) is 22.2. The number of nitro benzene ring substituents is 1. The first-order valence-electron chi connectivity index (χ1n) is 6.14. The van der Waals surface area contributed by atoms with Crippen molar-refractivity contribution in [3.05, 3.63) is 22.2 Å². The summed E-state index contributed by atoms with van der Waals surface area (Å²) in [6, 6.07) is 2.67. The number of hydrogen-bond acceptors (Lipinski definition) is 6. The summed E-state index contributed by atoms with van der Waals surface area (Å²) in [6.45, 7) is 0.725. The Labute approximate surface area is 115 Å². The molecule has 0 fully saturated rings. The Morgan fingerprint density at radius 3 is 2.75 bits per heavy atom. The molecule has 2 rings (SSSR count). The highest BCUT2D eigenvalue weighted by atomic mass is 16.7. The molecular formula is C12H15N3O5. The smallest absolute Gasteiger partial charge is 0.296 e. The van der Waals surface area contributed by atoms with Crippen molar-refractivity contribution in [2.24, 2.45) is 0 Å². The number of nitro groups is 1. The highest BCUT2D eigenvalue weighted by Crippen LogP contribution is 2.40. The van der Waals surface area contributed by atoms with E-state index in [1.807, 2.05) is 0 Å². The van der Waals surface area contributed by atoms with Gasteiger partial charge in [0.25, 0.3) is 5.69 Å². The van der Waals surface area contributed by atoms with Crippen LogP contribution < -0.4 is 20.1 Å². The summed E-state index contributed by atoms with van der Waals surface area (Å²) in [7, 11) is 1.79. The Hall–Kier alpha value is -2.35. The van der Waals surface area contributed by atoms with E-state index in [2.05, 4.69) is 10.6 Å². The molecule has 0 radical (unpaired) electrons. The number of anilines is 1. The fourth-order valence-electron chi connectivity index (χ4n) is 1.82. The minimum Gasteiger partial charge on any atom is -0.454 e. The van der Waals surface area contributed by atoms with Crippen LogP contribution in [0.4, 0.5) is 11.4 Å². The van der Waals surface area contributed by atoms with E-state index < -0.39 is 4.92 Å². The van der Waals surface area contributed by atoms with Crippen molar-refractivity contribution in [1.82, 2.24) is 5.32 Å². The maximum Gasteiger partial charge on any atom is 0.296 e. The highest BCUT2D eigenvalue weighted by Gasteiger charge is 2.24. The zero-order valence-corrected chi connectivity index (χ0v) is 11.0. The van der Waals surface area contributed by atoms with E-state index in [-0.39, 0.29) is 30.5 Å². The van der Waals surface area contributed by atoms with Crippen molar-refractivity contribution >= 4 is 17.3 Å². The number of nitrogens with one attached hydrogen (secondary N) is 2. The minimum atomic E-state index is -0.564. The average Bonchev–Trinajstić information content (AvgIpc) is 2.85. The van der Waals surface area contributed by atoms with E-state index in [1.165, 1.54) is 12.1 Å². The van der Waals surface area contributed by atoms with E-state index in [1.54, 1.807) is 7.05 Å². The van der Waals surface area contributed by atoms with Crippen LogP contribution in [0.2, 0.25) is 0 Å². The third kappa shape index (κ3) is 3.15. The predicted octanol–water partition coefficient (Wildman–Crippen LogP) is 1.26. The van der Waals surface area contributed by atoms with Crippen LogP contribution in [0.15, 0.2) is 12.1 Å². The van der Waals surface area contributed by atoms with Crippen molar-refractivity contribution in [2.75, 3.05) is 25.7 Å². The monoisotopic (exact) mass is 281 g/mol. The second-order valence-electron chi connectivity index (χ2n) is 4.24.